The molecule has 27 heavy (non-hydrogen) atoms. The maximum Gasteiger partial charge on any atom is 0.317 e. The molecule has 0 bridgehead atoms. The number of likely N-dealkylation sites (tertiary alicyclic amines) is 1. The number of anilines is 1. The normalized spacial score (nSPS) is 21.5. The van der Waals surface area contributed by atoms with Crippen LogP contribution in [0.2, 0.25) is 0 Å². The first kappa shape index (κ1) is 19.5. The Morgan fingerprint density at radius 1 is 1.15 bits per heavy atom. The SMILES string of the molecule is CNC(=O)C1CCCN(C(=O)NC(C)c2ccc(N3CCOCC3)cc2)C1. The van der Waals surface area contributed by atoms with Gasteiger partial charge in [0.2, 0.25) is 5.91 Å². The lowest BCUT2D eigenvalue weighted by molar-refractivity contribution is -0.125. The molecule has 1 aromatic carbocycles. The molecular formula is C20H30N4O3. The molecule has 0 spiro atoms. The number of ether oxygens (including phenoxy) is 1. The number of piperidine rings is 1. The second-order valence-electron chi connectivity index (χ2n) is 7.26. The van der Waals surface area contributed by atoms with Crippen LogP contribution in [0, 0.1) is 5.92 Å². The van der Waals surface area contributed by atoms with E-state index in [1.165, 1.54) is 5.69 Å². The maximum atomic E-state index is 12.6. The number of hydrogen-bond donors (Lipinski definition) is 2. The zero-order chi connectivity index (χ0) is 19.2. The smallest absolute Gasteiger partial charge is 0.317 e. The van der Waals surface area contributed by atoms with E-state index in [1.54, 1.807) is 11.9 Å². The molecule has 0 saturated carbocycles. The van der Waals surface area contributed by atoms with Gasteiger partial charge in [-0.1, -0.05) is 12.1 Å². The highest BCUT2D eigenvalue weighted by Gasteiger charge is 2.28. The van der Waals surface area contributed by atoms with E-state index in [-0.39, 0.29) is 23.9 Å². The Hall–Kier alpha value is -2.28. The van der Waals surface area contributed by atoms with Crippen molar-refractivity contribution < 1.29 is 14.3 Å². The summed E-state index contributed by atoms with van der Waals surface area (Å²) in [5, 5.41) is 5.75. The van der Waals surface area contributed by atoms with Crippen LogP contribution in [0.15, 0.2) is 24.3 Å². The number of morpholine rings is 1. The van der Waals surface area contributed by atoms with Crippen LogP contribution in [0.1, 0.15) is 31.4 Å². The first-order valence-corrected chi connectivity index (χ1v) is 9.78. The molecule has 2 atom stereocenters. The van der Waals surface area contributed by atoms with Gasteiger partial charge in [0, 0.05) is 38.9 Å². The number of amides is 3. The number of carbonyl (C=O) groups is 2. The van der Waals surface area contributed by atoms with E-state index in [2.05, 4.69) is 39.8 Å². The Kier molecular flexibility index (Phi) is 6.55. The molecule has 0 aromatic heterocycles. The number of rotatable bonds is 4. The average molecular weight is 374 g/mol. The summed E-state index contributed by atoms with van der Waals surface area (Å²) in [5.74, 6) is -0.100. The zero-order valence-corrected chi connectivity index (χ0v) is 16.2. The average Bonchev–Trinajstić information content (AvgIpc) is 2.74. The maximum absolute atomic E-state index is 12.6. The minimum atomic E-state index is -0.113. The van der Waals surface area contributed by atoms with Gasteiger partial charge in [0.05, 0.1) is 25.2 Å². The van der Waals surface area contributed by atoms with Crippen molar-refractivity contribution in [3.05, 3.63) is 29.8 Å². The van der Waals surface area contributed by atoms with Gasteiger partial charge in [0.1, 0.15) is 0 Å². The largest absolute Gasteiger partial charge is 0.378 e. The number of benzene rings is 1. The summed E-state index contributed by atoms with van der Waals surface area (Å²) in [4.78, 5) is 28.5. The summed E-state index contributed by atoms with van der Waals surface area (Å²) < 4.78 is 5.40. The van der Waals surface area contributed by atoms with Crippen molar-refractivity contribution in [1.29, 1.82) is 0 Å². The summed E-state index contributed by atoms with van der Waals surface area (Å²) in [7, 11) is 1.64. The van der Waals surface area contributed by atoms with Crippen LogP contribution >= 0.6 is 0 Å². The van der Waals surface area contributed by atoms with E-state index in [0.717, 1.165) is 44.7 Å². The van der Waals surface area contributed by atoms with Crippen molar-refractivity contribution in [3.63, 3.8) is 0 Å². The van der Waals surface area contributed by atoms with Crippen molar-refractivity contribution in [2.24, 2.45) is 5.92 Å². The molecule has 2 aliphatic heterocycles. The van der Waals surface area contributed by atoms with Crippen LogP contribution in [0.25, 0.3) is 0 Å². The summed E-state index contributed by atoms with van der Waals surface area (Å²) in [6, 6.07) is 8.15. The van der Waals surface area contributed by atoms with Crippen LogP contribution in [0.4, 0.5) is 10.5 Å². The van der Waals surface area contributed by atoms with Crippen molar-refractivity contribution in [2.75, 3.05) is 51.3 Å². The van der Waals surface area contributed by atoms with Gasteiger partial charge in [-0.05, 0) is 37.5 Å². The number of urea groups is 1. The first-order chi connectivity index (χ1) is 13.1. The predicted molar refractivity (Wildman–Crippen MR) is 105 cm³/mol. The monoisotopic (exact) mass is 374 g/mol. The molecule has 2 heterocycles. The summed E-state index contributed by atoms with van der Waals surface area (Å²) in [6.45, 7) is 6.51. The molecule has 3 amide bonds. The van der Waals surface area contributed by atoms with Gasteiger partial charge in [-0.2, -0.15) is 0 Å². The highest BCUT2D eigenvalue weighted by Crippen LogP contribution is 2.21. The summed E-state index contributed by atoms with van der Waals surface area (Å²) in [6.07, 6.45) is 1.69. The standard InChI is InChI=1S/C20H30N4O3/c1-15(16-5-7-18(8-6-16)23-10-12-27-13-11-23)22-20(26)24-9-3-4-17(14-24)19(25)21-2/h5-8,15,17H,3-4,9-14H2,1-2H3,(H,21,25)(H,22,26). The van der Waals surface area contributed by atoms with Crippen LogP contribution in [-0.2, 0) is 9.53 Å². The van der Waals surface area contributed by atoms with E-state index in [1.807, 2.05) is 6.92 Å². The highest BCUT2D eigenvalue weighted by molar-refractivity contribution is 5.80. The fourth-order valence-corrected chi connectivity index (χ4v) is 3.73. The third-order valence-electron chi connectivity index (χ3n) is 5.44. The van der Waals surface area contributed by atoms with Crippen LogP contribution in [0.3, 0.4) is 0 Å². The fraction of sp³-hybridized carbons (Fsp3) is 0.600. The van der Waals surface area contributed by atoms with Crippen LogP contribution in [0.5, 0.6) is 0 Å². The van der Waals surface area contributed by atoms with Gasteiger partial charge in [0.15, 0.2) is 0 Å². The lowest BCUT2D eigenvalue weighted by Crippen LogP contribution is -2.49. The highest BCUT2D eigenvalue weighted by atomic mass is 16.5. The third-order valence-corrected chi connectivity index (χ3v) is 5.44. The number of hydrogen-bond acceptors (Lipinski definition) is 4. The Labute approximate surface area is 161 Å². The summed E-state index contributed by atoms with van der Waals surface area (Å²) >= 11 is 0. The molecular weight excluding hydrogens is 344 g/mol. The van der Waals surface area contributed by atoms with Gasteiger partial charge in [-0.3, -0.25) is 4.79 Å². The first-order valence-electron chi connectivity index (χ1n) is 9.78. The molecule has 0 radical (unpaired) electrons. The Morgan fingerprint density at radius 3 is 2.52 bits per heavy atom. The van der Waals surface area contributed by atoms with Crippen molar-refractivity contribution >= 4 is 17.6 Å². The van der Waals surface area contributed by atoms with Gasteiger partial charge in [-0.15, -0.1) is 0 Å². The summed E-state index contributed by atoms with van der Waals surface area (Å²) in [5.41, 5.74) is 2.25. The van der Waals surface area contributed by atoms with E-state index in [4.69, 9.17) is 4.74 Å². The van der Waals surface area contributed by atoms with Gasteiger partial charge in [-0.25, -0.2) is 4.79 Å². The lowest BCUT2D eigenvalue weighted by atomic mass is 9.97. The molecule has 2 unspecified atom stereocenters. The molecule has 2 N–H and O–H groups in total. The molecule has 7 heteroatoms. The second-order valence-corrected chi connectivity index (χ2v) is 7.26. The van der Waals surface area contributed by atoms with E-state index in [9.17, 15) is 9.59 Å². The van der Waals surface area contributed by atoms with Crippen LogP contribution < -0.4 is 15.5 Å². The third kappa shape index (κ3) is 4.91. The second kappa shape index (κ2) is 9.08. The molecule has 2 aliphatic rings. The van der Waals surface area contributed by atoms with Gasteiger partial charge >= 0.3 is 6.03 Å². The Bertz CT molecular complexity index is 643. The minimum Gasteiger partial charge on any atom is -0.378 e. The van der Waals surface area contributed by atoms with Crippen molar-refractivity contribution in [1.82, 2.24) is 15.5 Å². The number of nitrogens with one attached hydrogen (secondary N) is 2. The van der Waals surface area contributed by atoms with Crippen molar-refractivity contribution in [2.45, 2.75) is 25.8 Å². The molecule has 7 nitrogen and oxygen atoms in total. The predicted octanol–water partition coefficient (Wildman–Crippen LogP) is 1.75. The minimum absolute atomic E-state index is 0.0132. The molecule has 1 aromatic rings. The van der Waals surface area contributed by atoms with E-state index >= 15 is 0 Å². The van der Waals surface area contributed by atoms with E-state index < -0.39 is 0 Å². The van der Waals surface area contributed by atoms with Gasteiger partial charge in [0.25, 0.3) is 0 Å². The lowest BCUT2D eigenvalue weighted by Gasteiger charge is -2.33. The van der Waals surface area contributed by atoms with Gasteiger partial charge < -0.3 is 25.2 Å². The van der Waals surface area contributed by atoms with Crippen LogP contribution in [-0.4, -0.2) is 63.3 Å². The Morgan fingerprint density at radius 2 is 1.85 bits per heavy atom. The topological polar surface area (TPSA) is 73.9 Å². The van der Waals surface area contributed by atoms with E-state index in [0.29, 0.717) is 13.1 Å². The molecule has 2 fully saturated rings. The fourth-order valence-electron chi connectivity index (χ4n) is 3.73. The number of nitrogens with zero attached hydrogens (tertiary/aromatic N) is 2. The zero-order valence-electron chi connectivity index (χ0n) is 16.2. The molecule has 2 saturated heterocycles. The molecule has 0 aliphatic carbocycles. The molecule has 3 rings (SSSR count). The molecule has 148 valence electrons. The number of carbonyl (C=O) groups excluding carboxylic acids is 2. The van der Waals surface area contributed by atoms with Crippen molar-refractivity contribution in [3.8, 4) is 0 Å². The quantitative estimate of drug-likeness (QED) is 0.842. The Balaban J connectivity index is 1.55.